The van der Waals surface area contributed by atoms with E-state index >= 15 is 0 Å². The summed E-state index contributed by atoms with van der Waals surface area (Å²) in [5.41, 5.74) is 1.74. The second-order valence-corrected chi connectivity index (χ2v) is 5.51. The lowest BCUT2D eigenvalue weighted by Gasteiger charge is -2.40. The Morgan fingerprint density at radius 3 is 2.71 bits per heavy atom. The van der Waals surface area contributed by atoms with Crippen molar-refractivity contribution in [1.82, 2.24) is 15.1 Å². The van der Waals surface area contributed by atoms with Gasteiger partial charge in [0.15, 0.2) is 0 Å². The highest BCUT2D eigenvalue weighted by atomic mass is 15.3. The maximum Gasteiger partial charge on any atom is 0.0558 e. The summed E-state index contributed by atoms with van der Waals surface area (Å²) >= 11 is 0. The fraction of sp³-hybridized carbons (Fsp3) is 0.786. The first-order valence-electron chi connectivity index (χ1n) is 6.90. The molecule has 1 saturated carbocycles. The summed E-state index contributed by atoms with van der Waals surface area (Å²) in [6, 6.07) is 2.61. The fourth-order valence-electron chi connectivity index (χ4n) is 3.35. The fourth-order valence-corrected chi connectivity index (χ4v) is 3.35. The van der Waals surface area contributed by atoms with Gasteiger partial charge in [-0.05, 0) is 38.3 Å². The molecule has 17 heavy (non-hydrogen) atoms. The molecule has 0 radical (unpaired) electrons. The third-order valence-corrected chi connectivity index (χ3v) is 4.33. The van der Waals surface area contributed by atoms with E-state index in [1.54, 1.807) is 0 Å². The van der Waals surface area contributed by atoms with E-state index in [1.165, 1.54) is 37.8 Å². The summed E-state index contributed by atoms with van der Waals surface area (Å²) in [7, 11) is 2.08. The van der Waals surface area contributed by atoms with Crippen molar-refractivity contribution in [2.24, 2.45) is 5.41 Å². The minimum atomic E-state index is 0.389. The van der Waals surface area contributed by atoms with E-state index in [-0.39, 0.29) is 0 Å². The van der Waals surface area contributed by atoms with Crippen molar-refractivity contribution < 1.29 is 0 Å². The molecule has 1 heterocycles. The number of hydrogen-bond donors (Lipinski definition) is 1. The summed E-state index contributed by atoms with van der Waals surface area (Å²) in [6.45, 7) is 5.54. The minimum absolute atomic E-state index is 0.389. The van der Waals surface area contributed by atoms with Crippen molar-refractivity contribution in [3.05, 3.63) is 18.0 Å². The van der Waals surface area contributed by atoms with E-state index in [0.717, 1.165) is 6.54 Å². The number of aromatic nitrogens is 2. The van der Waals surface area contributed by atoms with Crippen LogP contribution < -0.4 is 5.32 Å². The topological polar surface area (TPSA) is 29.9 Å². The monoisotopic (exact) mass is 235 g/mol. The van der Waals surface area contributed by atoms with Crippen molar-refractivity contribution >= 4 is 0 Å². The van der Waals surface area contributed by atoms with Gasteiger partial charge in [0.2, 0.25) is 0 Å². The molecule has 3 nitrogen and oxygen atoms in total. The van der Waals surface area contributed by atoms with E-state index in [0.29, 0.717) is 11.5 Å². The zero-order valence-electron chi connectivity index (χ0n) is 11.4. The lowest BCUT2D eigenvalue weighted by atomic mass is 9.69. The van der Waals surface area contributed by atoms with Crippen molar-refractivity contribution in [3.8, 4) is 0 Å². The van der Waals surface area contributed by atoms with Gasteiger partial charge in [-0.3, -0.25) is 4.68 Å². The van der Waals surface area contributed by atoms with E-state index in [4.69, 9.17) is 0 Å². The van der Waals surface area contributed by atoms with Crippen LogP contribution in [0.2, 0.25) is 0 Å². The van der Waals surface area contributed by atoms with Crippen molar-refractivity contribution in [3.63, 3.8) is 0 Å². The minimum Gasteiger partial charge on any atom is -0.311 e. The lowest BCUT2D eigenvalue weighted by Crippen LogP contribution is -2.37. The number of hydrogen-bond acceptors (Lipinski definition) is 2. The van der Waals surface area contributed by atoms with Gasteiger partial charge in [0.25, 0.3) is 0 Å². The first kappa shape index (κ1) is 12.6. The third-order valence-electron chi connectivity index (χ3n) is 4.33. The molecular formula is C14H25N3. The molecule has 96 valence electrons. The molecule has 1 N–H and O–H groups in total. The molecule has 0 saturated heterocycles. The van der Waals surface area contributed by atoms with Crippen LogP contribution in [-0.2, 0) is 6.54 Å². The summed E-state index contributed by atoms with van der Waals surface area (Å²) < 4.78 is 2.13. The number of aryl methyl sites for hydroxylation is 1. The van der Waals surface area contributed by atoms with Crippen molar-refractivity contribution in [2.45, 2.75) is 58.5 Å². The SMILES string of the molecule is CCn1nccc1C(NC)C1(C)CCCCC1. The predicted octanol–water partition coefficient (Wildman–Crippen LogP) is 3.13. The van der Waals surface area contributed by atoms with Crippen LogP contribution >= 0.6 is 0 Å². The molecule has 1 aromatic heterocycles. The summed E-state index contributed by atoms with van der Waals surface area (Å²) in [6.07, 6.45) is 8.72. The Kier molecular flexibility index (Phi) is 3.87. The first-order chi connectivity index (χ1) is 8.21. The molecule has 1 aliphatic carbocycles. The Hall–Kier alpha value is -0.830. The van der Waals surface area contributed by atoms with Crippen LogP contribution in [0.25, 0.3) is 0 Å². The molecule has 3 heteroatoms. The Morgan fingerprint density at radius 1 is 1.41 bits per heavy atom. The highest BCUT2D eigenvalue weighted by molar-refractivity contribution is 5.12. The molecule has 1 atom stereocenters. The van der Waals surface area contributed by atoms with Crippen LogP contribution in [0.3, 0.4) is 0 Å². The van der Waals surface area contributed by atoms with Gasteiger partial charge < -0.3 is 5.32 Å². The maximum absolute atomic E-state index is 4.41. The van der Waals surface area contributed by atoms with Gasteiger partial charge in [0.05, 0.1) is 11.7 Å². The van der Waals surface area contributed by atoms with Gasteiger partial charge in [-0.2, -0.15) is 5.10 Å². The molecule has 0 bridgehead atoms. The van der Waals surface area contributed by atoms with Crippen LogP contribution in [-0.4, -0.2) is 16.8 Å². The Balaban J connectivity index is 2.26. The largest absolute Gasteiger partial charge is 0.311 e. The van der Waals surface area contributed by atoms with Gasteiger partial charge in [0, 0.05) is 12.7 Å². The predicted molar refractivity (Wildman–Crippen MR) is 70.9 cm³/mol. The Morgan fingerprint density at radius 2 is 2.12 bits per heavy atom. The second kappa shape index (κ2) is 5.21. The summed E-state index contributed by atoms with van der Waals surface area (Å²) in [5, 5.41) is 7.93. The standard InChI is InChI=1S/C14H25N3/c1-4-17-12(8-11-16-17)13(15-3)14(2)9-6-5-7-10-14/h8,11,13,15H,4-7,9-10H2,1-3H3. The van der Waals surface area contributed by atoms with Crippen LogP contribution in [0.5, 0.6) is 0 Å². The Bertz CT molecular complexity index is 350. The molecule has 1 unspecified atom stereocenters. The molecule has 1 aliphatic rings. The van der Waals surface area contributed by atoms with E-state index < -0.39 is 0 Å². The average Bonchev–Trinajstić information content (AvgIpc) is 2.79. The summed E-state index contributed by atoms with van der Waals surface area (Å²) in [4.78, 5) is 0. The third kappa shape index (κ3) is 2.39. The molecular weight excluding hydrogens is 210 g/mol. The van der Waals surface area contributed by atoms with Gasteiger partial charge >= 0.3 is 0 Å². The molecule has 0 aromatic carbocycles. The molecule has 1 fully saturated rings. The number of rotatable bonds is 4. The molecule has 1 aromatic rings. The van der Waals surface area contributed by atoms with Gasteiger partial charge in [0.1, 0.15) is 0 Å². The number of nitrogens with one attached hydrogen (secondary N) is 1. The maximum atomic E-state index is 4.41. The van der Waals surface area contributed by atoms with E-state index in [2.05, 4.69) is 42.1 Å². The van der Waals surface area contributed by atoms with Crippen LogP contribution in [0.4, 0.5) is 0 Å². The quantitative estimate of drug-likeness (QED) is 0.869. The van der Waals surface area contributed by atoms with Crippen LogP contribution in [0, 0.1) is 5.41 Å². The van der Waals surface area contributed by atoms with Gasteiger partial charge in [-0.25, -0.2) is 0 Å². The van der Waals surface area contributed by atoms with Crippen LogP contribution in [0.15, 0.2) is 12.3 Å². The smallest absolute Gasteiger partial charge is 0.0558 e. The van der Waals surface area contributed by atoms with Crippen LogP contribution in [0.1, 0.15) is 57.7 Å². The molecule has 0 spiro atoms. The van der Waals surface area contributed by atoms with Gasteiger partial charge in [-0.15, -0.1) is 0 Å². The molecule has 0 amide bonds. The van der Waals surface area contributed by atoms with Crippen molar-refractivity contribution in [1.29, 1.82) is 0 Å². The molecule has 2 rings (SSSR count). The van der Waals surface area contributed by atoms with Gasteiger partial charge in [-0.1, -0.05) is 26.2 Å². The normalized spacial score (nSPS) is 21.4. The Labute approximate surface area is 105 Å². The molecule has 0 aliphatic heterocycles. The highest BCUT2D eigenvalue weighted by Gasteiger charge is 2.36. The average molecular weight is 235 g/mol. The lowest BCUT2D eigenvalue weighted by molar-refractivity contribution is 0.144. The zero-order chi connectivity index (χ0) is 12.3. The summed E-state index contributed by atoms with van der Waals surface area (Å²) in [5.74, 6) is 0. The zero-order valence-corrected chi connectivity index (χ0v) is 11.4. The second-order valence-electron chi connectivity index (χ2n) is 5.51. The first-order valence-corrected chi connectivity index (χ1v) is 6.90. The number of nitrogens with zero attached hydrogens (tertiary/aromatic N) is 2. The van der Waals surface area contributed by atoms with Crippen molar-refractivity contribution in [2.75, 3.05) is 7.05 Å². The van der Waals surface area contributed by atoms with E-state index in [9.17, 15) is 0 Å². The van der Waals surface area contributed by atoms with E-state index in [1.807, 2.05) is 6.20 Å². The highest BCUT2D eigenvalue weighted by Crippen LogP contribution is 2.45.